The normalized spacial score (nSPS) is 10.5. The Morgan fingerprint density at radius 1 is 1.00 bits per heavy atom. The van der Waals surface area contributed by atoms with Crippen LogP contribution in [0.1, 0.15) is 11.1 Å². The fraction of sp³-hybridized carbons (Fsp3) is 0.133. The molecule has 20 heavy (non-hydrogen) atoms. The van der Waals surface area contributed by atoms with E-state index in [0.717, 1.165) is 34.2 Å². The van der Waals surface area contributed by atoms with Crippen molar-refractivity contribution in [2.45, 2.75) is 13.8 Å². The minimum absolute atomic E-state index is 0.725. The molecule has 0 atom stereocenters. The molecule has 0 bridgehead atoms. The van der Waals surface area contributed by atoms with Crippen LogP contribution in [0.15, 0.2) is 42.7 Å². The van der Waals surface area contributed by atoms with E-state index in [0.29, 0.717) is 0 Å². The number of hydrogen-bond acceptors (Lipinski definition) is 4. The zero-order valence-electron chi connectivity index (χ0n) is 11.4. The van der Waals surface area contributed by atoms with E-state index in [1.165, 1.54) is 0 Å². The molecule has 3 rings (SSSR count). The third-order valence-electron chi connectivity index (χ3n) is 3.01. The van der Waals surface area contributed by atoms with Gasteiger partial charge in [-0.2, -0.15) is 5.10 Å². The maximum atomic E-state index is 4.37. The predicted octanol–water partition coefficient (Wildman–Crippen LogP) is 3.23. The standard InChI is InChI=1S/C15H15N5/c1-10-5-7-16-13(8-10)18-14-9-12(19-20-14)15-11(2)4-3-6-17-15/h3-9H,1-2H3,(H2,16,18,19,20). The number of nitrogens with one attached hydrogen (secondary N) is 2. The second kappa shape index (κ2) is 5.13. The second-order valence-electron chi connectivity index (χ2n) is 4.68. The lowest BCUT2D eigenvalue weighted by molar-refractivity contribution is 1.08. The maximum absolute atomic E-state index is 4.37. The number of aromatic amines is 1. The van der Waals surface area contributed by atoms with Gasteiger partial charge in [0, 0.05) is 18.5 Å². The summed E-state index contributed by atoms with van der Waals surface area (Å²) in [5.41, 5.74) is 4.05. The van der Waals surface area contributed by atoms with E-state index in [4.69, 9.17) is 0 Å². The molecule has 0 aliphatic carbocycles. The third kappa shape index (κ3) is 2.51. The van der Waals surface area contributed by atoms with Crippen LogP contribution in [-0.4, -0.2) is 20.2 Å². The number of nitrogens with zero attached hydrogens (tertiary/aromatic N) is 3. The predicted molar refractivity (Wildman–Crippen MR) is 78.8 cm³/mol. The number of H-pyrrole nitrogens is 1. The SMILES string of the molecule is Cc1ccnc(Nc2cc(-c3ncccc3C)[nH]n2)c1. The molecule has 0 saturated carbocycles. The zero-order valence-corrected chi connectivity index (χ0v) is 11.4. The molecule has 0 amide bonds. The molecule has 0 unspecified atom stereocenters. The van der Waals surface area contributed by atoms with Crippen LogP contribution < -0.4 is 5.32 Å². The van der Waals surface area contributed by atoms with Gasteiger partial charge in [0.25, 0.3) is 0 Å². The molecule has 2 N–H and O–H groups in total. The number of pyridine rings is 2. The van der Waals surface area contributed by atoms with E-state index in [2.05, 4.69) is 25.5 Å². The number of hydrogen-bond donors (Lipinski definition) is 2. The summed E-state index contributed by atoms with van der Waals surface area (Å²) in [6, 6.07) is 9.81. The molecule has 0 spiro atoms. The smallest absolute Gasteiger partial charge is 0.154 e. The molecule has 0 radical (unpaired) electrons. The first-order valence-corrected chi connectivity index (χ1v) is 6.39. The largest absolute Gasteiger partial charge is 0.323 e. The van der Waals surface area contributed by atoms with E-state index in [-0.39, 0.29) is 0 Å². The van der Waals surface area contributed by atoms with Crippen molar-refractivity contribution in [1.29, 1.82) is 0 Å². The van der Waals surface area contributed by atoms with E-state index in [1.807, 2.05) is 44.2 Å². The first-order chi connectivity index (χ1) is 9.72. The first kappa shape index (κ1) is 12.3. The molecule has 0 fully saturated rings. The second-order valence-corrected chi connectivity index (χ2v) is 4.68. The Bertz CT molecular complexity index is 732. The van der Waals surface area contributed by atoms with Crippen LogP contribution in [-0.2, 0) is 0 Å². The van der Waals surface area contributed by atoms with Crippen molar-refractivity contribution in [3.63, 3.8) is 0 Å². The summed E-state index contributed by atoms with van der Waals surface area (Å²) in [4.78, 5) is 8.62. The summed E-state index contributed by atoms with van der Waals surface area (Å²) < 4.78 is 0. The monoisotopic (exact) mass is 265 g/mol. The summed E-state index contributed by atoms with van der Waals surface area (Å²) in [6.45, 7) is 4.05. The van der Waals surface area contributed by atoms with Gasteiger partial charge in [-0.05, 0) is 43.2 Å². The Labute approximate surface area is 117 Å². The van der Waals surface area contributed by atoms with Gasteiger partial charge in [0.15, 0.2) is 5.82 Å². The Balaban J connectivity index is 1.86. The summed E-state index contributed by atoms with van der Waals surface area (Å²) >= 11 is 0. The highest BCUT2D eigenvalue weighted by molar-refractivity contribution is 5.64. The highest BCUT2D eigenvalue weighted by atomic mass is 15.2. The fourth-order valence-electron chi connectivity index (χ4n) is 2.01. The van der Waals surface area contributed by atoms with Gasteiger partial charge in [0.2, 0.25) is 0 Å². The zero-order chi connectivity index (χ0) is 13.9. The Morgan fingerprint density at radius 3 is 2.70 bits per heavy atom. The van der Waals surface area contributed by atoms with Crippen molar-refractivity contribution in [1.82, 2.24) is 20.2 Å². The Kier molecular flexibility index (Phi) is 3.16. The highest BCUT2D eigenvalue weighted by Crippen LogP contribution is 2.22. The Hall–Kier alpha value is -2.69. The van der Waals surface area contributed by atoms with Gasteiger partial charge >= 0.3 is 0 Å². The molecule has 5 heteroatoms. The lowest BCUT2D eigenvalue weighted by Crippen LogP contribution is -1.93. The van der Waals surface area contributed by atoms with Crippen molar-refractivity contribution < 1.29 is 0 Å². The maximum Gasteiger partial charge on any atom is 0.154 e. The molecule has 3 heterocycles. The third-order valence-corrected chi connectivity index (χ3v) is 3.01. The molecule has 100 valence electrons. The summed E-state index contributed by atoms with van der Waals surface area (Å²) in [6.07, 6.45) is 3.55. The minimum Gasteiger partial charge on any atom is -0.323 e. The fourth-order valence-corrected chi connectivity index (χ4v) is 2.01. The van der Waals surface area contributed by atoms with Crippen LogP contribution in [0.4, 0.5) is 11.6 Å². The van der Waals surface area contributed by atoms with Crippen LogP contribution in [0.3, 0.4) is 0 Å². The van der Waals surface area contributed by atoms with Crippen LogP contribution in [0.5, 0.6) is 0 Å². The molecule has 0 aromatic carbocycles. The quantitative estimate of drug-likeness (QED) is 0.763. The number of aromatic nitrogens is 4. The summed E-state index contributed by atoms with van der Waals surface area (Å²) in [7, 11) is 0. The lowest BCUT2D eigenvalue weighted by Gasteiger charge is -2.01. The minimum atomic E-state index is 0.725. The average Bonchev–Trinajstić information content (AvgIpc) is 2.87. The summed E-state index contributed by atoms with van der Waals surface area (Å²) in [5, 5.41) is 10.4. The van der Waals surface area contributed by atoms with E-state index in [9.17, 15) is 0 Å². The van der Waals surface area contributed by atoms with Crippen molar-refractivity contribution in [3.05, 3.63) is 53.9 Å². The van der Waals surface area contributed by atoms with Crippen molar-refractivity contribution in [2.75, 3.05) is 5.32 Å². The Morgan fingerprint density at radius 2 is 1.90 bits per heavy atom. The van der Waals surface area contributed by atoms with Crippen LogP contribution >= 0.6 is 0 Å². The van der Waals surface area contributed by atoms with Crippen molar-refractivity contribution in [2.24, 2.45) is 0 Å². The summed E-state index contributed by atoms with van der Waals surface area (Å²) in [5.74, 6) is 1.50. The van der Waals surface area contributed by atoms with E-state index >= 15 is 0 Å². The van der Waals surface area contributed by atoms with Crippen molar-refractivity contribution >= 4 is 11.6 Å². The van der Waals surface area contributed by atoms with Gasteiger partial charge in [0.05, 0.1) is 11.4 Å². The lowest BCUT2D eigenvalue weighted by atomic mass is 10.2. The van der Waals surface area contributed by atoms with Crippen LogP contribution in [0.25, 0.3) is 11.4 Å². The van der Waals surface area contributed by atoms with Crippen LogP contribution in [0.2, 0.25) is 0 Å². The number of aryl methyl sites for hydroxylation is 2. The molecular weight excluding hydrogens is 250 g/mol. The van der Waals surface area contributed by atoms with Gasteiger partial charge in [-0.1, -0.05) is 6.07 Å². The molecule has 3 aromatic rings. The van der Waals surface area contributed by atoms with Gasteiger partial charge in [-0.15, -0.1) is 0 Å². The van der Waals surface area contributed by atoms with E-state index in [1.54, 1.807) is 12.4 Å². The van der Waals surface area contributed by atoms with E-state index < -0.39 is 0 Å². The topological polar surface area (TPSA) is 66.5 Å². The molecule has 0 saturated heterocycles. The molecular formula is C15H15N5. The van der Waals surface area contributed by atoms with Gasteiger partial charge in [0.1, 0.15) is 5.82 Å². The molecule has 3 aromatic heterocycles. The van der Waals surface area contributed by atoms with Gasteiger partial charge < -0.3 is 5.32 Å². The van der Waals surface area contributed by atoms with Crippen molar-refractivity contribution in [3.8, 4) is 11.4 Å². The molecule has 5 nitrogen and oxygen atoms in total. The number of rotatable bonds is 3. The first-order valence-electron chi connectivity index (χ1n) is 6.39. The number of anilines is 2. The molecule has 0 aliphatic rings. The molecule has 0 aliphatic heterocycles. The average molecular weight is 265 g/mol. The van der Waals surface area contributed by atoms with Gasteiger partial charge in [-0.25, -0.2) is 4.98 Å². The van der Waals surface area contributed by atoms with Gasteiger partial charge in [-0.3, -0.25) is 10.1 Å². The highest BCUT2D eigenvalue weighted by Gasteiger charge is 2.07. The van der Waals surface area contributed by atoms with Crippen LogP contribution in [0, 0.1) is 13.8 Å².